The largest absolute Gasteiger partial charge is 0.416 e. The van der Waals surface area contributed by atoms with Crippen LogP contribution in [-0.2, 0) is 23.5 Å². The van der Waals surface area contributed by atoms with Crippen molar-refractivity contribution in [3.63, 3.8) is 0 Å². The van der Waals surface area contributed by atoms with Crippen LogP contribution in [0, 0.1) is 5.92 Å². The van der Waals surface area contributed by atoms with Crippen molar-refractivity contribution in [3.8, 4) is 0 Å². The van der Waals surface area contributed by atoms with Crippen molar-refractivity contribution in [2.45, 2.75) is 31.6 Å². The molecule has 3 amide bonds. The van der Waals surface area contributed by atoms with Crippen LogP contribution in [0.1, 0.15) is 39.9 Å². The Bertz CT molecular complexity index is 1410. The third-order valence-corrected chi connectivity index (χ3v) is 7.26. The molecule has 0 unspecified atom stereocenters. The Hall–Kier alpha value is -4.26. The summed E-state index contributed by atoms with van der Waals surface area (Å²) < 4.78 is 84.3. The first-order chi connectivity index (χ1) is 20.8. The van der Waals surface area contributed by atoms with E-state index in [9.17, 15) is 35.9 Å². The molecule has 1 heterocycles. The monoisotopic (exact) mass is 622 g/mol. The van der Waals surface area contributed by atoms with Crippen LogP contribution in [-0.4, -0.2) is 45.3 Å². The van der Waals surface area contributed by atoms with E-state index in [0.717, 1.165) is 19.3 Å². The molecular formula is C31H32F6N4O3. The molecule has 4 rings (SSSR count). The highest BCUT2D eigenvalue weighted by Crippen LogP contribution is 2.38. The topological polar surface area (TPSA) is 82.7 Å². The lowest BCUT2D eigenvalue weighted by Crippen LogP contribution is -2.36. The first kappa shape index (κ1) is 32.6. The number of ether oxygens (including phenoxy) is 1. The molecule has 13 heteroatoms. The molecule has 1 fully saturated rings. The molecule has 7 nitrogen and oxygen atoms in total. The van der Waals surface area contributed by atoms with Crippen molar-refractivity contribution in [2.75, 3.05) is 48.9 Å². The van der Waals surface area contributed by atoms with Crippen LogP contribution in [0.4, 0.5) is 48.2 Å². The minimum Gasteiger partial charge on any atom is -0.383 e. The number of anilines is 3. The molecule has 1 saturated heterocycles. The minimum atomic E-state index is -5.06. The zero-order valence-electron chi connectivity index (χ0n) is 23.8. The second-order valence-electron chi connectivity index (χ2n) is 10.5. The lowest BCUT2D eigenvalue weighted by atomic mass is 9.89. The van der Waals surface area contributed by atoms with Crippen molar-refractivity contribution in [1.29, 1.82) is 0 Å². The maximum Gasteiger partial charge on any atom is 0.416 e. The summed E-state index contributed by atoms with van der Waals surface area (Å²) in [7, 11) is 1.49. The molecule has 0 saturated carbocycles. The number of hydrogen-bond acceptors (Lipinski definition) is 4. The van der Waals surface area contributed by atoms with Gasteiger partial charge in [-0.25, -0.2) is 4.79 Å². The Balaban J connectivity index is 1.50. The van der Waals surface area contributed by atoms with Crippen molar-refractivity contribution in [3.05, 3.63) is 89.0 Å². The summed E-state index contributed by atoms with van der Waals surface area (Å²) in [4.78, 5) is 27.9. The molecule has 0 atom stereocenters. The van der Waals surface area contributed by atoms with Crippen LogP contribution in [0.5, 0.6) is 0 Å². The molecule has 1 aliphatic heterocycles. The van der Waals surface area contributed by atoms with Crippen molar-refractivity contribution < 1.29 is 40.7 Å². The van der Waals surface area contributed by atoms with Crippen LogP contribution in [0.15, 0.2) is 66.7 Å². The number of amides is 3. The maximum atomic E-state index is 13.2. The molecule has 0 spiro atoms. The summed E-state index contributed by atoms with van der Waals surface area (Å²) in [6, 6.07) is 14.5. The molecule has 44 heavy (non-hydrogen) atoms. The minimum absolute atomic E-state index is 0.0270. The zero-order chi connectivity index (χ0) is 31.9. The van der Waals surface area contributed by atoms with E-state index in [0.29, 0.717) is 36.8 Å². The average molecular weight is 623 g/mol. The van der Waals surface area contributed by atoms with Crippen LogP contribution < -0.4 is 20.9 Å². The van der Waals surface area contributed by atoms with E-state index in [1.807, 2.05) is 23.5 Å². The number of carbonyl (C=O) groups is 2. The number of hydrogen-bond donors (Lipinski definition) is 3. The van der Waals surface area contributed by atoms with Gasteiger partial charge in [0, 0.05) is 43.8 Å². The van der Waals surface area contributed by atoms with Crippen LogP contribution in [0.3, 0.4) is 0 Å². The van der Waals surface area contributed by atoms with E-state index >= 15 is 0 Å². The number of benzene rings is 3. The van der Waals surface area contributed by atoms with Crippen molar-refractivity contribution >= 4 is 29.0 Å². The fourth-order valence-corrected chi connectivity index (χ4v) is 5.08. The Morgan fingerprint density at radius 1 is 0.841 bits per heavy atom. The van der Waals surface area contributed by atoms with Gasteiger partial charge in [-0.05, 0) is 67.1 Å². The predicted octanol–water partition coefficient (Wildman–Crippen LogP) is 7.20. The zero-order valence-corrected chi connectivity index (χ0v) is 23.8. The van der Waals surface area contributed by atoms with Gasteiger partial charge < -0.3 is 25.6 Å². The lowest BCUT2D eigenvalue weighted by Gasteiger charge is -2.35. The normalized spacial score (nSPS) is 14.3. The van der Waals surface area contributed by atoms with E-state index in [2.05, 4.69) is 27.7 Å². The molecule has 1 aliphatic rings. The average Bonchev–Trinajstić information content (AvgIpc) is 2.97. The summed E-state index contributed by atoms with van der Waals surface area (Å²) in [5.74, 6) is 0.0474. The molecular weight excluding hydrogens is 590 g/mol. The van der Waals surface area contributed by atoms with Crippen molar-refractivity contribution in [2.24, 2.45) is 5.92 Å². The molecule has 3 N–H and O–H groups in total. The smallest absolute Gasteiger partial charge is 0.383 e. The highest BCUT2D eigenvalue weighted by atomic mass is 19.4. The van der Waals surface area contributed by atoms with Gasteiger partial charge in [0.05, 0.1) is 23.3 Å². The Morgan fingerprint density at radius 3 is 2.05 bits per heavy atom. The third-order valence-electron chi connectivity index (χ3n) is 7.26. The van der Waals surface area contributed by atoms with Gasteiger partial charge >= 0.3 is 18.4 Å². The van der Waals surface area contributed by atoms with E-state index in [1.54, 1.807) is 6.07 Å². The Labute approximate surface area is 250 Å². The number of halogens is 6. The second kappa shape index (κ2) is 14.0. The highest BCUT2D eigenvalue weighted by molar-refractivity contribution is 6.04. The number of rotatable bonds is 9. The lowest BCUT2D eigenvalue weighted by molar-refractivity contribution is -0.143. The van der Waals surface area contributed by atoms with Crippen LogP contribution in [0.25, 0.3) is 0 Å². The molecule has 0 radical (unpaired) electrons. The van der Waals surface area contributed by atoms with E-state index in [4.69, 9.17) is 4.74 Å². The summed E-state index contributed by atoms with van der Waals surface area (Å²) in [6.45, 7) is 1.88. The molecule has 236 valence electrons. The second-order valence-corrected chi connectivity index (χ2v) is 10.5. The summed E-state index contributed by atoms with van der Waals surface area (Å²) in [6.07, 6.45) is -7.37. The third kappa shape index (κ3) is 8.88. The fraction of sp³-hybridized carbons (Fsp3) is 0.355. The fourth-order valence-electron chi connectivity index (χ4n) is 5.08. The van der Waals surface area contributed by atoms with Gasteiger partial charge in [-0.15, -0.1) is 0 Å². The summed E-state index contributed by atoms with van der Waals surface area (Å²) in [5.41, 5.74) is -1.56. The summed E-state index contributed by atoms with van der Waals surface area (Å²) in [5, 5.41) is 7.18. The Morgan fingerprint density at radius 2 is 1.45 bits per heavy atom. The van der Waals surface area contributed by atoms with Gasteiger partial charge in [0.25, 0.3) is 5.91 Å². The number of nitrogens with zero attached hydrogens (tertiary/aromatic N) is 1. The molecule has 3 aromatic carbocycles. The van der Waals surface area contributed by atoms with Gasteiger partial charge in [-0.2, -0.15) is 26.3 Å². The number of methoxy groups -OCH3 is 1. The number of alkyl halides is 6. The van der Waals surface area contributed by atoms with Gasteiger partial charge in [-0.1, -0.05) is 30.3 Å². The van der Waals surface area contributed by atoms with E-state index in [-0.39, 0.29) is 30.5 Å². The number of urea groups is 1. The summed E-state index contributed by atoms with van der Waals surface area (Å²) >= 11 is 0. The van der Waals surface area contributed by atoms with Gasteiger partial charge in [0.1, 0.15) is 0 Å². The SMILES string of the molecule is COCCNC(=O)c1cc(NC(=O)Nc2cc(C(F)(F)F)cc(C(F)(F)F)c2)ccc1N1CCC(Cc2ccccc2)CC1. The van der Waals surface area contributed by atoms with Gasteiger partial charge in [-0.3, -0.25) is 4.79 Å². The highest BCUT2D eigenvalue weighted by Gasteiger charge is 2.37. The number of carbonyl (C=O) groups excluding carboxylic acids is 2. The molecule has 0 bridgehead atoms. The molecule has 3 aromatic rings. The van der Waals surface area contributed by atoms with Gasteiger partial charge in [0.15, 0.2) is 0 Å². The van der Waals surface area contributed by atoms with E-state index in [1.165, 1.54) is 24.8 Å². The maximum absolute atomic E-state index is 13.2. The van der Waals surface area contributed by atoms with E-state index < -0.39 is 41.1 Å². The quantitative estimate of drug-likeness (QED) is 0.174. The first-order valence-corrected chi connectivity index (χ1v) is 13.9. The Kier molecular flexibility index (Phi) is 10.4. The molecule has 0 aliphatic carbocycles. The van der Waals surface area contributed by atoms with Crippen LogP contribution >= 0.6 is 0 Å². The standard InChI is InChI=1S/C31H32F6N4O3/c1-44-14-11-38-28(42)26-19-24(7-8-27(26)41-12-9-21(10-13-41)15-20-5-3-2-4-6-20)39-29(43)40-25-17-22(30(32,33)34)16-23(18-25)31(35,36)37/h2-8,16-19,21H,9-15H2,1H3,(H,38,42)(H2,39,40,43). The van der Waals surface area contributed by atoms with Gasteiger partial charge in [0.2, 0.25) is 0 Å². The first-order valence-electron chi connectivity index (χ1n) is 13.9. The number of piperidine rings is 1. The number of nitrogens with one attached hydrogen (secondary N) is 3. The molecule has 0 aromatic heterocycles. The van der Waals surface area contributed by atoms with Crippen LogP contribution in [0.2, 0.25) is 0 Å². The van der Waals surface area contributed by atoms with Crippen molar-refractivity contribution in [1.82, 2.24) is 5.32 Å². The predicted molar refractivity (Wildman–Crippen MR) is 155 cm³/mol.